The number of halogens is 1. The van der Waals surface area contributed by atoms with E-state index in [4.69, 9.17) is 16.1 Å². The van der Waals surface area contributed by atoms with Crippen LogP contribution in [0, 0.1) is 0 Å². The van der Waals surface area contributed by atoms with Crippen LogP contribution in [-0.4, -0.2) is 33.1 Å². The molecule has 0 spiro atoms. The van der Waals surface area contributed by atoms with Gasteiger partial charge in [-0.3, -0.25) is 4.90 Å². The molecule has 5 rings (SSSR count). The van der Waals surface area contributed by atoms with E-state index in [1.165, 1.54) is 16.5 Å². The fourth-order valence-corrected chi connectivity index (χ4v) is 3.81. The Hall–Kier alpha value is -2.89. The number of nitrogens with zero attached hydrogens (tertiary/aromatic N) is 3. The van der Waals surface area contributed by atoms with Crippen LogP contribution >= 0.6 is 11.6 Å². The third kappa shape index (κ3) is 3.35. The van der Waals surface area contributed by atoms with Gasteiger partial charge in [0.2, 0.25) is 0 Å². The SMILES string of the molecule is Clc1ccc(-c2cc(CN3CC=C(c4c[nH]c5ncccc45)CC3)on2)cc1. The Kier molecular flexibility index (Phi) is 4.47. The molecule has 0 bridgehead atoms. The van der Waals surface area contributed by atoms with Crippen LogP contribution < -0.4 is 0 Å². The number of benzene rings is 1. The first-order valence-electron chi connectivity index (χ1n) is 9.32. The summed E-state index contributed by atoms with van der Waals surface area (Å²) in [5.74, 6) is 0.873. The van der Waals surface area contributed by atoms with E-state index in [0.717, 1.165) is 48.7 Å². The first-order valence-corrected chi connectivity index (χ1v) is 9.69. The van der Waals surface area contributed by atoms with Crippen molar-refractivity contribution < 1.29 is 4.52 Å². The van der Waals surface area contributed by atoms with Crippen molar-refractivity contribution in [3.05, 3.63) is 77.3 Å². The average Bonchev–Trinajstić information content (AvgIpc) is 3.36. The number of fused-ring (bicyclic) bond motifs is 1. The van der Waals surface area contributed by atoms with Gasteiger partial charge in [-0.05, 0) is 36.3 Å². The predicted octanol–water partition coefficient (Wildman–Crippen LogP) is 5.16. The van der Waals surface area contributed by atoms with Crippen LogP contribution in [-0.2, 0) is 6.54 Å². The molecule has 1 aromatic carbocycles. The summed E-state index contributed by atoms with van der Waals surface area (Å²) in [4.78, 5) is 10.0. The second kappa shape index (κ2) is 7.26. The third-order valence-electron chi connectivity index (χ3n) is 5.17. The molecule has 28 heavy (non-hydrogen) atoms. The number of rotatable bonds is 4. The highest BCUT2D eigenvalue weighted by Crippen LogP contribution is 2.29. The number of hydrogen-bond acceptors (Lipinski definition) is 4. The van der Waals surface area contributed by atoms with E-state index in [0.29, 0.717) is 5.02 Å². The van der Waals surface area contributed by atoms with Gasteiger partial charge in [0.15, 0.2) is 5.76 Å². The minimum absolute atomic E-state index is 0.717. The molecule has 0 aliphatic carbocycles. The lowest BCUT2D eigenvalue weighted by Gasteiger charge is -2.25. The van der Waals surface area contributed by atoms with Crippen molar-refractivity contribution in [2.45, 2.75) is 13.0 Å². The van der Waals surface area contributed by atoms with Crippen LogP contribution in [0.25, 0.3) is 27.9 Å². The number of hydrogen-bond donors (Lipinski definition) is 1. The molecule has 1 aliphatic heterocycles. The van der Waals surface area contributed by atoms with Crippen LogP contribution in [0.15, 0.2) is 65.5 Å². The Balaban J connectivity index is 1.28. The van der Waals surface area contributed by atoms with Gasteiger partial charge >= 0.3 is 0 Å². The zero-order chi connectivity index (χ0) is 18.9. The summed E-state index contributed by atoms with van der Waals surface area (Å²) in [6.45, 7) is 2.62. The lowest BCUT2D eigenvalue weighted by atomic mass is 9.99. The van der Waals surface area contributed by atoms with Gasteiger partial charge in [-0.2, -0.15) is 0 Å². The average molecular weight is 391 g/mol. The molecular weight excluding hydrogens is 372 g/mol. The van der Waals surface area contributed by atoms with Gasteiger partial charge in [-0.15, -0.1) is 0 Å². The molecule has 0 fully saturated rings. The van der Waals surface area contributed by atoms with E-state index in [-0.39, 0.29) is 0 Å². The molecule has 6 heteroatoms. The number of nitrogens with one attached hydrogen (secondary N) is 1. The first-order chi connectivity index (χ1) is 13.8. The molecule has 140 valence electrons. The lowest BCUT2D eigenvalue weighted by molar-refractivity contribution is 0.251. The Labute approximate surface area is 167 Å². The number of aromatic nitrogens is 3. The smallest absolute Gasteiger partial charge is 0.151 e. The quantitative estimate of drug-likeness (QED) is 0.522. The number of pyridine rings is 1. The number of H-pyrrole nitrogens is 1. The topological polar surface area (TPSA) is 58.0 Å². The van der Waals surface area contributed by atoms with Crippen molar-refractivity contribution >= 4 is 28.2 Å². The van der Waals surface area contributed by atoms with Gasteiger partial charge in [-0.25, -0.2) is 4.98 Å². The van der Waals surface area contributed by atoms with Crippen molar-refractivity contribution in [2.24, 2.45) is 0 Å². The van der Waals surface area contributed by atoms with Crippen molar-refractivity contribution in [1.29, 1.82) is 0 Å². The van der Waals surface area contributed by atoms with E-state index in [2.05, 4.69) is 38.4 Å². The van der Waals surface area contributed by atoms with Crippen LogP contribution in [0.4, 0.5) is 0 Å². The summed E-state index contributed by atoms with van der Waals surface area (Å²) in [7, 11) is 0. The fraction of sp³-hybridized carbons (Fsp3) is 0.182. The fourth-order valence-electron chi connectivity index (χ4n) is 3.69. The van der Waals surface area contributed by atoms with Crippen LogP contribution in [0.5, 0.6) is 0 Å². The maximum atomic E-state index is 5.95. The monoisotopic (exact) mass is 390 g/mol. The minimum atomic E-state index is 0.717. The Morgan fingerprint density at radius 3 is 2.89 bits per heavy atom. The van der Waals surface area contributed by atoms with Gasteiger partial charge in [-0.1, -0.05) is 35.0 Å². The molecule has 0 saturated heterocycles. The second-order valence-corrected chi connectivity index (χ2v) is 7.44. The molecule has 0 unspecified atom stereocenters. The third-order valence-corrected chi connectivity index (χ3v) is 5.42. The van der Waals surface area contributed by atoms with E-state index in [9.17, 15) is 0 Å². The maximum Gasteiger partial charge on any atom is 0.151 e. The highest BCUT2D eigenvalue weighted by Gasteiger charge is 2.17. The van der Waals surface area contributed by atoms with Crippen molar-refractivity contribution in [2.75, 3.05) is 13.1 Å². The van der Waals surface area contributed by atoms with Crippen molar-refractivity contribution in [3.8, 4) is 11.3 Å². The van der Waals surface area contributed by atoms with Gasteiger partial charge in [0.25, 0.3) is 0 Å². The maximum absolute atomic E-state index is 5.95. The van der Waals surface area contributed by atoms with Gasteiger partial charge < -0.3 is 9.51 Å². The summed E-state index contributed by atoms with van der Waals surface area (Å²) in [6, 6.07) is 13.7. The Bertz CT molecular complexity index is 1140. The highest BCUT2D eigenvalue weighted by atomic mass is 35.5. The molecule has 1 N–H and O–H groups in total. The zero-order valence-electron chi connectivity index (χ0n) is 15.2. The van der Waals surface area contributed by atoms with E-state index < -0.39 is 0 Å². The van der Waals surface area contributed by atoms with E-state index in [1.807, 2.05) is 42.6 Å². The predicted molar refractivity (Wildman–Crippen MR) is 111 cm³/mol. The second-order valence-electron chi connectivity index (χ2n) is 7.00. The molecule has 5 nitrogen and oxygen atoms in total. The van der Waals surface area contributed by atoms with Gasteiger partial charge in [0.05, 0.1) is 6.54 Å². The minimum Gasteiger partial charge on any atom is -0.359 e. The zero-order valence-corrected chi connectivity index (χ0v) is 16.0. The lowest BCUT2D eigenvalue weighted by Crippen LogP contribution is -2.27. The summed E-state index contributed by atoms with van der Waals surface area (Å²) in [5, 5.41) is 6.10. The summed E-state index contributed by atoms with van der Waals surface area (Å²) < 4.78 is 5.55. The molecule has 4 heterocycles. The Morgan fingerprint density at radius 2 is 2.07 bits per heavy atom. The van der Waals surface area contributed by atoms with Gasteiger partial charge in [0, 0.05) is 53.1 Å². The van der Waals surface area contributed by atoms with Crippen LogP contribution in [0.2, 0.25) is 5.02 Å². The van der Waals surface area contributed by atoms with Crippen molar-refractivity contribution in [1.82, 2.24) is 20.0 Å². The van der Waals surface area contributed by atoms with Gasteiger partial charge in [0.1, 0.15) is 11.3 Å². The highest BCUT2D eigenvalue weighted by molar-refractivity contribution is 6.30. The molecule has 4 aromatic rings. The summed E-state index contributed by atoms with van der Waals surface area (Å²) in [5.41, 5.74) is 5.42. The summed E-state index contributed by atoms with van der Waals surface area (Å²) >= 11 is 5.95. The molecule has 0 saturated carbocycles. The molecular formula is C22H19ClN4O. The molecule has 3 aromatic heterocycles. The largest absolute Gasteiger partial charge is 0.359 e. The van der Waals surface area contributed by atoms with E-state index in [1.54, 1.807) is 0 Å². The standard InChI is InChI=1S/C22H19ClN4O/c23-17-5-3-16(4-6-17)21-12-18(28-26-21)14-27-10-7-15(8-11-27)20-13-25-22-19(20)2-1-9-24-22/h1-7,9,12-13H,8,10-11,14H2,(H,24,25). The molecule has 0 radical (unpaired) electrons. The summed E-state index contributed by atoms with van der Waals surface area (Å²) in [6.07, 6.45) is 7.18. The normalized spacial score (nSPS) is 15.1. The first kappa shape index (κ1) is 17.2. The molecule has 1 aliphatic rings. The van der Waals surface area contributed by atoms with Crippen molar-refractivity contribution in [3.63, 3.8) is 0 Å². The van der Waals surface area contributed by atoms with Crippen LogP contribution in [0.3, 0.4) is 0 Å². The molecule has 0 amide bonds. The van der Waals surface area contributed by atoms with Crippen LogP contribution in [0.1, 0.15) is 17.7 Å². The molecule has 0 atom stereocenters. The number of aromatic amines is 1. The Morgan fingerprint density at radius 1 is 1.18 bits per heavy atom. The van der Waals surface area contributed by atoms with E-state index >= 15 is 0 Å².